The number of rotatable bonds is 3. The van der Waals surface area contributed by atoms with Gasteiger partial charge in [0.15, 0.2) is 0 Å². The molecule has 2 fully saturated rings. The van der Waals surface area contributed by atoms with E-state index in [9.17, 15) is 0 Å². The minimum absolute atomic E-state index is 0.500. The van der Waals surface area contributed by atoms with E-state index in [-0.39, 0.29) is 0 Å². The molecule has 3 heterocycles. The smallest absolute Gasteiger partial charge is 0.106 e. The van der Waals surface area contributed by atoms with Crippen molar-refractivity contribution in [2.45, 2.75) is 18.9 Å². The van der Waals surface area contributed by atoms with Crippen LogP contribution in [0.1, 0.15) is 24.4 Å². The van der Waals surface area contributed by atoms with Crippen molar-refractivity contribution in [3.63, 3.8) is 0 Å². The van der Waals surface area contributed by atoms with Crippen molar-refractivity contribution < 1.29 is 4.74 Å². The summed E-state index contributed by atoms with van der Waals surface area (Å²) in [6.45, 7) is 6.24. The average Bonchev–Trinajstić information content (AvgIpc) is 2.50. The summed E-state index contributed by atoms with van der Waals surface area (Å²) in [5, 5.41) is 3.45. The summed E-state index contributed by atoms with van der Waals surface area (Å²) in [4.78, 5) is 6.91. The number of piperazine rings is 1. The van der Waals surface area contributed by atoms with Crippen molar-refractivity contribution in [1.29, 1.82) is 0 Å². The third-order valence-electron chi connectivity index (χ3n) is 4.35. The second-order valence-electron chi connectivity index (χ2n) is 5.59. The van der Waals surface area contributed by atoms with Crippen molar-refractivity contribution in [1.82, 2.24) is 15.2 Å². The van der Waals surface area contributed by atoms with Gasteiger partial charge in [0.25, 0.3) is 0 Å². The van der Waals surface area contributed by atoms with Crippen LogP contribution in [-0.4, -0.2) is 49.3 Å². The number of pyridine rings is 1. The maximum absolute atomic E-state index is 5.54. The molecule has 0 spiro atoms. The highest BCUT2D eigenvalue weighted by molar-refractivity contribution is 9.10. The molecular formula is C15H22BrN3O. The van der Waals surface area contributed by atoms with Gasteiger partial charge in [0.1, 0.15) is 4.60 Å². The largest absolute Gasteiger partial charge is 0.381 e. The Labute approximate surface area is 129 Å². The zero-order valence-electron chi connectivity index (χ0n) is 11.7. The van der Waals surface area contributed by atoms with Gasteiger partial charge in [-0.25, -0.2) is 4.98 Å². The zero-order chi connectivity index (χ0) is 13.8. The van der Waals surface area contributed by atoms with Gasteiger partial charge in [0.2, 0.25) is 0 Å². The number of halogens is 1. The van der Waals surface area contributed by atoms with Crippen molar-refractivity contribution in [3.8, 4) is 0 Å². The van der Waals surface area contributed by atoms with Crippen molar-refractivity contribution >= 4 is 15.9 Å². The summed E-state index contributed by atoms with van der Waals surface area (Å²) in [7, 11) is 0. The first kappa shape index (κ1) is 14.4. The fraction of sp³-hybridized carbons (Fsp3) is 0.667. The molecule has 0 unspecified atom stereocenters. The van der Waals surface area contributed by atoms with Crippen LogP contribution in [-0.2, 0) is 4.74 Å². The maximum atomic E-state index is 5.54. The Kier molecular flexibility index (Phi) is 5.04. The monoisotopic (exact) mass is 339 g/mol. The minimum atomic E-state index is 0.500. The normalized spacial score (nSPS) is 23.6. The molecule has 0 saturated carbocycles. The second kappa shape index (κ2) is 6.98. The first-order valence-corrected chi connectivity index (χ1v) is 8.28. The highest BCUT2D eigenvalue weighted by atomic mass is 79.9. The van der Waals surface area contributed by atoms with E-state index in [0.29, 0.717) is 12.0 Å². The van der Waals surface area contributed by atoms with Crippen LogP contribution in [0.25, 0.3) is 0 Å². The molecule has 2 saturated heterocycles. The van der Waals surface area contributed by atoms with Crippen LogP contribution in [0.3, 0.4) is 0 Å². The molecule has 5 heteroatoms. The lowest BCUT2D eigenvalue weighted by molar-refractivity contribution is 0.0213. The molecule has 4 nitrogen and oxygen atoms in total. The molecule has 0 amide bonds. The van der Waals surface area contributed by atoms with Gasteiger partial charge in [-0.1, -0.05) is 0 Å². The second-order valence-corrected chi connectivity index (χ2v) is 6.40. The van der Waals surface area contributed by atoms with Crippen molar-refractivity contribution in [3.05, 3.63) is 28.5 Å². The van der Waals surface area contributed by atoms with Gasteiger partial charge in [0, 0.05) is 51.6 Å². The Morgan fingerprint density at radius 2 is 2.05 bits per heavy atom. The molecule has 1 aromatic heterocycles. The molecule has 2 aliphatic heterocycles. The summed E-state index contributed by atoms with van der Waals surface area (Å²) in [6.07, 6.45) is 4.23. The molecule has 0 radical (unpaired) electrons. The third-order valence-corrected chi connectivity index (χ3v) is 4.78. The summed E-state index contributed by atoms with van der Waals surface area (Å²) in [6, 6.07) is 4.86. The Hall–Kier alpha value is -0.490. The number of aromatic nitrogens is 1. The van der Waals surface area contributed by atoms with Crippen LogP contribution in [0.5, 0.6) is 0 Å². The Bertz CT molecular complexity index is 413. The number of nitrogens with zero attached hydrogens (tertiary/aromatic N) is 2. The maximum Gasteiger partial charge on any atom is 0.106 e. The number of ether oxygens (including phenoxy) is 1. The van der Waals surface area contributed by atoms with Crippen LogP contribution >= 0.6 is 15.9 Å². The summed E-state index contributed by atoms with van der Waals surface area (Å²) < 4.78 is 6.48. The van der Waals surface area contributed by atoms with Crippen LogP contribution < -0.4 is 5.32 Å². The van der Waals surface area contributed by atoms with Gasteiger partial charge < -0.3 is 10.1 Å². The fourth-order valence-electron chi connectivity index (χ4n) is 3.37. The molecule has 1 atom stereocenters. The number of hydrogen-bond donors (Lipinski definition) is 1. The van der Waals surface area contributed by atoms with E-state index in [4.69, 9.17) is 4.74 Å². The van der Waals surface area contributed by atoms with Gasteiger partial charge in [0.05, 0.1) is 0 Å². The fourth-order valence-corrected chi connectivity index (χ4v) is 3.76. The van der Waals surface area contributed by atoms with Crippen molar-refractivity contribution in [2.24, 2.45) is 5.92 Å². The zero-order valence-corrected chi connectivity index (χ0v) is 13.3. The molecule has 1 N–H and O–H groups in total. The Morgan fingerprint density at radius 1 is 1.30 bits per heavy atom. The third kappa shape index (κ3) is 3.39. The van der Waals surface area contributed by atoms with Gasteiger partial charge in [-0.3, -0.25) is 4.90 Å². The predicted molar refractivity (Wildman–Crippen MR) is 82.7 cm³/mol. The highest BCUT2D eigenvalue weighted by Gasteiger charge is 2.31. The van der Waals surface area contributed by atoms with Crippen LogP contribution in [0.15, 0.2) is 22.9 Å². The Balaban J connectivity index is 1.85. The molecule has 0 aromatic carbocycles. The van der Waals surface area contributed by atoms with Gasteiger partial charge >= 0.3 is 0 Å². The van der Waals surface area contributed by atoms with Gasteiger partial charge in [-0.2, -0.15) is 0 Å². The Morgan fingerprint density at radius 3 is 2.75 bits per heavy atom. The van der Waals surface area contributed by atoms with Crippen LogP contribution in [0, 0.1) is 5.92 Å². The minimum Gasteiger partial charge on any atom is -0.381 e. The van der Waals surface area contributed by atoms with Gasteiger partial charge in [-0.05, 0) is 52.4 Å². The number of nitrogens with one attached hydrogen (secondary N) is 1. The number of hydrogen-bond acceptors (Lipinski definition) is 4. The van der Waals surface area contributed by atoms with E-state index in [0.717, 1.165) is 56.8 Å². The molecule has 0 bridgehead atoms. The SMILES string of the molecule is Brc1cc([C@@H](C2CCOCC2)N2CCNCC2)ccn1. The lowest BCUT2D eigenvalue weighted by Gasteiger charge is -2.41. The lowest BCUT2D eigenvalue weighted by atomic mass is 9.86. The quantitative estimate of drug-likeness (QED) is 0.857. The first-order chi connectivity index (χ1) is 9.84. The molecule has 20 heavy (non-hydrogen) atoms. The summed E-state index contributed by atoms with van der Waals surface area (Å²) >= 11 is 3.51. The standard InChI is InChI=1S/C15H22BrN3O/c16-14-11-13(1-4-18-14)15(12-2-9-20-10-3-12)19-7-5-17-6-8-19/h1,4,11-12,15,17H,2-3,5-10H2/t15-/m1/s1. The van der Waals surface area contributed by atoms with Crippen LogP contribution in [0.2, 0.25) is 0 Å². The molecule has 3 rings (SSSR count). The summed E-state index contributed by atoms with van der Waals surface area (Å²) in [5.41, 5.74) is 1.39. The van der Waals surface area contributed by atoms with Crippen LogP contribution in [0.4, 0.5) is 0 Å². The molecule has 110 valence electrons. The van der Waals surface area contributed by atoms with E-state index in [1.54, 1.807) is 0 Å². The first-order valence-electron chi connectivity index (χ1n) is 7.48. The molecular weight excluding hydrogens is 318 g/mol. The topological polar surface area (TPSA) is 37.4 Å². The van der Waals surface area contributed by atoms with E-state index in [2.05, 4.69) is 43.3 Å². The van der Waals surface area contributed by atoms with Crippen molar-refractivity contribution in [2.75, 3.05) is 39.4 Å². The highest BCUT2D eigenvalue weighted by Crippen LogP contribution is 2.35. The summed E-state index contributed by atoms with van der Waals surface area (Å²) in [5.74, 6) is 0.691. The predicted octanol–water partition coefficient (Wildman–Crippen LogP) is 2.22. The molecule has 1 aromatic rings. The van der Waals surface area contributed by atoms with E-state index < -0.39 is 0 Å². The van der Waals surface area contributed by atoms with E-state index >= 15 is 0 Å². The van der Waals surface area contributed by atoms with E-state index in [1.165, 1.54) is 5.56 Å². The average molecular weight is 340 g/mol. The lowest BCUT2D eigenvalue weighted by Crippen LogP contribution is -2.47. The van der Waals surface area contributed by atoms with E-state index in [1.807, 2.05) is 6.20 Å². The molecule has 0 aliphatic carbocycles. The van der Waals surface area contributed by atoms with Gasteiger partial charge in [-0.15, -0.1) is 0 Å². The molecule has 2 aliphatic rings.